The molecule has 6 nitrogen and oxygen atoms in total. The zero-order chi connectivity index (χ0) is 14.2. The van der Waals surface area contributed by atoms with Crippen LogP contribution in [-0.4, -0.2) is 17.6 Å². The van der Waals surface area contributed by atoms with Gasteiger partial charge >= 0.3 is 5.69 Å². The van der Waals surface area contributed by atoms with Crippen LogP contribution in [0, 0.1) is 11.2 Å². The van der Waals surface area contributed by atoms with E-state index in [1.54, 1.807) is 0 Å². The summed E-state index contributed by atoms with van der Waals surface area (Å²) >= 11 is 0. The summed E-state index contributed by atoms with van der Waals surface area (Å²) in [6.07, 6.45) is 0.900. The van der Waals surface area contributed by atoms with E-state index in [2.05, 4.69) is 0 Å². The number of hydrogen-bond acceptors (Lipinski definition) is 4. The van der Waals surface area contributed by atoms with Gasteiger partial charge in [0.1, 0.15) is 0 Å². The van der Waals surface area contributed by atoms with Crippen LogP contribution in [0.25, 0.3) is 5.69 Å². The number of nitrogens with one attached hydrogen (secondary N) is 1. The molecule has 1 heterocycles. The quantitative estimate of drug-likeness (QED) is 0.746. The van der Waals surface area contributed by atoms with Crippen molar-refractivity contribution in [3.05, 3.63) is 52.3 Å². The first-order valence-corrected chi connectivity index (χ1v) is 6.37. The Morgan fingerprint density at radius 3 is 2.32 bits per heavy atom. The lowest BCUT2D eigenvalue weighted by Crippen LogP contribution is -2.38. The number of benzene rings is 1. The highest BCUT2D eigenvalue weighted by Gasteiger charge is 2.07. The van der Waals surface area contributed by atoms with Gasteiger partial charge in [-0.1, -0.05) is 0 Å². The molecule has 0 saturated carbocycles. The van der Waals surface area contributed by atoms with Crippen molar-refractivity contribution in [2.75, 3.05) is 0 Å². The maximum atomic E-state index is 13.4. The molecule has 1 aromatic carbocycles. The molecule has 19 heavy (non-hydrogen) atoms. The predicted molar refractivity (Wildman–Crippen MR) is 65.4 cm³/mol. The molecule has 1 N–H and O–H groups in total. The minimum atomic E-state index is -2.70. The van der Waals surface area contributed by atoms with E-state index in [1.807, 2.05) is 0 Å². The second-order valence-corrected chi connectivity index (χ2v) is 4.84. The van der Waals surface area contributed by atoms with Gasteiger partial charge in [-0.3, -0.25) is 14.5 Å². The van der Waals surface area contributed by atoms with E-state index in [9.17, 15) is 17.6 Å². The Balaban J connectivity index is 2.66. The summed E-state index contributed by atoms with van der Waals surface area (Å²) in [5, 5.41) is 7.33. The van der Waals surface area contributed by atoms with E-state index < -0.39 is 27.7 Å². The average Bonchev–Trinajstić information content (AvgIpc) is 2.40. The van der Waals surface area contributed by atoms with Gasteiger partial charge in [-0.2, -0.15) is 0 Å². The highest BCUT2D eigenvalue weighted by atomic mass is 32.2. The van der Waals surface area contributed by atoms with Crippen LogP contribution < -0.4 is 11.2 Å². The highest BCUT2D eigenvalue weighted by Crippen LogP contribution is 2.08. The molecule has 100 valence electrons. The van der Waals surface area contributed by atoms with Crippen LogP contribution in [0.3, 0.4) is 0 Å². The second-order valence-electron chi connectivity index (χ2n) is 3.81. The van der Waals surface area contributed by atoms with E-state index in [4.69, 9.17) is 5.41 Å². The largest absolute Gasteiger partial charge is 0.334 e. The van der Waals surface area contributed by atoms with E-state index in [0.29, 0.717) is 5.69 Å². The molecule has 0 bridgehead atoms. The second kappa shape index (κ2) is 4.81. The smallest absolute Gasteiger partial charge is 0.282 e. The van der Waals surface area contributed by atoms with Crippen molar-refractivity contribution in [2.24, 2.45) is 7.05 Å². The number of aromatic nitrogens is 2. The Kier molecular flexibility index (Phi) is 3.34. The van der Waals surface area contributed by atoms with Crippen LogP contribution in [0.2, 0.25) is 0 Å². The summed E-state index contributed by atoms with van der Waals surface area (Å²) < 4.78 is 36.8. The molecular formula is C11H10FN3O3S. The third-order valence-corrected chi connectivity index (χ3v) is 3.36. The van der Waals surface area contributed by atoms with Gasteiger partial charge in [0.15, 0.2) is 22.0 Å². The highest BCUT2D eigenvalue weighted by molar-refractivity contribution is 7.72. The van der Waals surface area contributed by atoms with Gasteiger partial charge in [0.2, 0.25) is 0 Å². The summed E-state index contributed by atoms with van der Waals surface area (Å²) in [6.45, 7) is 0. The Hall–Kier alpha value is -2.22. The normalized spacial score (nSPS) is 10.9. The van der Waals surface area contributed by atoms with E-state index in [1.165, 1.54) is 31.3 Å². The Morgan fingerprint density at radius 2 is 1.79 bits per heavy atom. The van der Waals surface area contributed by atoms with Gasteiger partial charge in [-0.05, 0) is 24.3 Å². The maximum absolute atomic E-state index is 13.4. The van der Waals surface area contributed by atoms with Crippen LogP contribution >= 0.6 is 0 Å². The fourth-order valence-electron chi connectivity index (χ4n) is 1.57. The van der Waals surface area contributed by atoms with Crippen molar-refractivity contribution < 1.29 is 12.8 Å². The van der Waals surface area contributed by atoms with Gasteiger partial charge in [-0.25, -0.2) is 17.6 Å². The van der Waals surface area contributed by atoms with Gasteiger partial charge in [-0.15, -0.1) is 0 Å². The topological polar surface area (TPSA) is 84.9 Å². The zero-order valence-electron chi connectivity index (χ0n) is 9.83. The lowest BCUT2D eigenvalue weighted by Gasteiger charge is -2.08. The molecule has 0 atom stereocenters. The third-order valence-electron chi connectivity index (χ3n) is 2.64. The van der Waals surface area contributed by atoms with Gasteiger partial charge < -0.3 is 0 Å². The first kappa shape index (κ1) is 13.2. The fourth-order valence-corrected chi connectivity index (χ4v) is 1.96. The fraction of sp³-hybridized carbons (Fsp3) is 0.0909. The van der Waals surface area contributed by atoms with E-state index in [0.717, 1.165) is 15.3 Å². The lowest BCUT2D eigenvalue weighted by atomic mass is 10.3. The van der Waals surface area contributed by atoms with Crippen LogP contribution in [-0.2, 0) is 17.8 Å². The molecule has 0 aliphatic carbocycles. The zero-order valence-corrected chi connectivity index (χ0v) is 10.7. The molecule has 0 aliphatic heterocycles. The molecule has 0 saturated heterocycles. The first-order chi connectivity index (χ1) is 8.91. The van der Waals surface area contributed by atoms with E-state index in [-0.39, 0.29) is 4.90 Å². The van der Waals surface area contributed by atoms with Crippen LogP contribution in [0.5, 0.6) is 0 Å². The number of nitrogens with zero attached hydrogens (tertiary/aromatic N) is 2. The molecular weight excluding hydrogens is 273 g/mol. The van der Waals surface area contributed by atoms with Crippen LogP contribution in [0.1, 0.15) is 0 Å². The number of halogens is 1. The molecule has 8 heteroatoms. The molecule has 0 spiro atoms. The van der Waals surface area contributed by atoms with Gasteiger partial charge in [0.05, 0.1) is 16.8 Å². The van der Waals surface area contributed by atoms with Crippen molar-refractivity contribution in [1.29, 1.82) is 5.41 Å². The predicted octanol–water partition coefficient (Wildman–Crippen LogP) is -0.235. The number of thiol groups is 1. The SMILES string of the molecule is Cn1c(=N)c(F)cn(-c2ccc([SH](=O)=O)cc2)c1=O. The summed E-state index contributed by atoms with van der Waals surface area (Å²) in [7, 11) is -1.41. The monoisotopic (exact) mass is 283 g/mol. The standard InChI is InChI=1S/C11H10FN3O3S/c1-14-10(13)9(12)6-15(11(14)16)7-2-4-8(5-3-7)19(17)18/h2-6,13,19H,1H3. The molecule has 0 amide bonds. The molecule has 2 rings (SSSR count). The van der Waals surface area contributed by atoms with Crippen molar-refractivity contribution in [3.63, 3.8) is 0 Å². The Labute approximate surface area is 108 Å². The van der Waals surface area contributed by atoms with Gasteiger partial charge in [0, 0.05) is 7.05 Å². The Morgan fingerprint density at radius 1 is 1.21 bits per heavy atom. The summed E-state index contributed by atoms with van der Waals surface area (Å²) in [4.78, 5) is 12.0. The maximum Gasteiger partial charge on any atom is 0.334 e. The number of hydrogen-bond donors (Lipinski definition) is 2. The average molecular weight is 283 g/mol. The van der Waals surface area contributed by atoms with Crippen LogP contribution in [0.15, 0.2) is 40.2 Å². The first-order valence-electron chi connectivity index (χ1n) is 5.19. The summed E-state index contributed by atoms with van der Waals surface area (Å²) in [6, 6.07) is 5.43. The molecule has 2 aromatic rings. The van der Waals surface area contributed by atoms with Gasteiger partial charge in [0.25, 0.3) is 0 Å². The molecule has 0 radical (unpaired) electrons. The minimum absolute atomic E-state index is 0.105. The minimum Gasteiger partial charge on any atom is -0.282 e. The van der Waals surface area contributed by atoms with Crippen molar-refractivity contribution in [3.8, 4) is 5.69 Å². The number of rotatable bonds is 2. The molecule has 0 fully saturated rings. The third kappa shape index (κ3) is 2.34. The summed E-state index contributed by atoms with van der Waals surface area (Å²) in [5.41, 5.74) is -0.786. The molecule has 0 unspecified atom stereocenters. The summed E-state index contributed by atoms with van der Waals surface area (Å²) in [5.74, 6) is -0.846. The van der Waals surface area contributed by atoms with Crippen molar-refractivity contribution >= 4 is 10.7 Å². The van der Waals surface area contributed by atoms with E-state index >= 15 is 0 Å². The Bertz CT molecular complexity index is 811. The molecule has 0 aliphatic rings. The van der Waals surface area contributed by atoms with Crippen LogP contribution in [0.4, 0.5) is 4.39 Å². The van der Waals surface area contributed by atoms with Crippen molar-refractivity contribution in [2.45, 2.75) is 4.90 Å². The van der Waals surface area contributed by atoms with Crippen molar-refractivity contribution in [1.82, 2.24) is 9.13 Å². The lowest BCUT2D eigenvalue weighted by molar-refractivity contribution is 0.542. The molecule has 1 aromatic heterocycles.